The highest BCUT2D eigenvalue weighted by Gasteiger charge is 2.33. The Morgan fingerprint density at radius 1 is 0.969 bits per heavy atom. The van der Waals surface area contributed by atoms with Gasteiger partial charge < -0.3 is 23.8 Å². The van der Waals surface area contributed by atoms with Gasteiger partial charge in [0, 0.05) is 0 Å². The van der Waals surface area contributed by atoms with Crippen molar-refractivity contribution in [1.29, 1.82) is 0 Å². The maximum absolute atomic E-state index is 12.6. The molecule has 0 N–H and O–H groups in total. The number of anilines is 1. The number of para-hydroxylation sites is 3. The van der Waals surface area contributed by atoms with Crippen molar-refractivity contribution in [2.45, 2.75) is 0 Å². The molecule has 0 atom stereocenters. The van der Waals surface area contributed by atoms with Crippen LogP contribution in [-0.2, 0) is 23.8 Å². The first-order valence-electron chi connectivity index (χ1n) is 9.49. The second-order valence-corrected chi connectivity index (χ2v) is 6.49. The van der Waals surface area contributed by atoms with Crippen LogP contribution in [0.25, 0.3) is 5.69 Å². The van der Waals surface area contributed by atoms with E-state index in [1.54, 1.807) is 24.3 Å². The molecule has 1 aromatic heterocycles. The number of nitrogens with zero attached hydrogens (tertiary/aromatic N) is 5. The van der Waals surface area contributed by atoms with Crippen molar-refractivity contribution < 1.29 is 28.5 Å². The van der Waals surface area contributed by atoms with E-state index in [-0.39, 0.29) is 30.6 Å². The number of hydrogen-bond acceptors (Lipinski definition) is 10. The smallest absolute Gasteiger partial charge is 0.355 e. The van der Waals surface area contributed by atoms with E-state index < -0.39 is 11.9 Å². The highest BCUT2D eigenvalue weighted by Crippen LogP contribution is 2.36. The Morgan fingerprint density at radius 2 is 1.69 bits per heavy atom. The Balaban J connectivity index is 1.75. The number of esters is 2. The first-order chi connectivity index (χ1) is 15.6. The van der Waals surface area contributed by atoms with Crippen molar-refractivity contribution in [2.24, 2.45) is 0 Å². The molecular weight excluding hydrogens is 418 g/mol. The fourth-order valence-electron chi connectivity index (χ4n) is 3.17. The molecule has 32 heavy (non-hydrogen) atoms. The summed E-state index contributed by atoms with van der Waals surface area (Å²) >= 11 is 0. The molecule has 2 heterocycles. The van der Waals surface area contributed by atoms with E-state index in [1.807, 2.05) is 30.3 Å². The van der Waals surface area contributed by atoms with Crippen LogP contribution >= 0.6 is 0 Å². The summed E-state index contributed by atoms with van der Waals surface area (Å²) < 4.78 is 22.7. The molecule has 0 aliphatic carbocycles. The highest BCUT2D eigenvalue weighted by atomic mass is 16.5. The lowest BCUT2D eigenvalue weighted by Gasteiger charge is -2.32. The van der Waals surface area contributed by atoms with Gasteiger partial charge in [-0.25, -0.2) is 9.59 Å². The summed E-state index contributed by atoms with van der Waals surface area (Å²) in [7, 11) is 2.46. The molecule has 2 aromatic carbocycles. The van der Waals surface area contributed by atoms with Crippen molar-refractivity contribution in [3.05, 3.63) is 65.9 Å². The Kier molecular flexibility index (Phi) is 6.08. The van der Waals surface area contributed by atoms with Gasteiger partial charge >= 0.3 is 17.9 Å². The van der Waals surface area contributed by atoms with Crippen molar-refractivity contribution in [3.63, 3.8) is 0 Å². The maximum atomic E-state index is 12.6. The Bertz CT molecular complexity index is 1160. The van der Waals surface area contributed by atoms with Gasteiger partial charge in [0.25, 0.3) is 0 Å². The Morgan fingerprint density at radius 3 is 2.44 bits per heavy atom. The largest absolute Gasteiger partial charge is 0.466 e. The number of benzene rings is 2. The molecule has 0 bridgehead atoms. The molecule has 0 fully saturated rings. The van der Waals surface area contributed by atoms with E-state index >= 15 is 0 Å². The van der Waals surface area contributed by atoms with E-state index in [0.717, 1.165) is 0 Å². The molecule has 0 saturated carbocycles. The van der Waals surface area contributed by atoms with Crippen molar-refractivity contribution in [2.75, 3.05) is 32.5 Å². The van der Waals surface area contributed by atoms with E-state index in [9.17, 15) is 9.59 Å². The van der Waals surface area contributed by atoms with E-state index in [1.165, 1.54) is 23.8 Å². The average Bonchev–Trinajstić information content (AvgIpc) is 3.31. The summed E-state index contributed by atoms with van der Waals surface area (Å²) in [5.41, 5.74) is 1.19. The van der Waals surface area contributed by atoms with Crippen LogP contribution in [0.3, 0.4) is 0 Å². The van der Waals surface area contributed by atoms with Crippen LogP contribution in [0.4, 0.5) is 5.69 Å². The fourth-order valence-corrected chi connectivity index (χ4v) is 3.17. The third-order valence-corrected chi connectivity index (χ3v) is 4.63. The van der Waals surface area contributed by atoms with Crippen LogP contribution in [0.2, 0.25) is 0 Å². The number of hydrogen-bond donors (Lipinski definition) is 0. The molecule has 0 unspecified atom stereocenters. The standard InChI is InChI=1S/C21H19N5O6/c1-29-19(27)15-12-31-13-25(18(15)20(28)30-2)16-10-6-7-11-17(16)32-21-22-23-24-26(21)14-8-4-3-5-9-14/h3-11H,12-13H2,1-2H3. The zero-order valence-electron chi connectivity index (χ0n) is 17.3. The second-order valence-electron chi connectivity index (χ2n) is 6.49. The van der Waals surface area contributed by atoms with Crippen molar-refractivity contribution in [3.8, 4) is 17.4 Å². The highest BCUT2D eigenvalue weighted by molar-refractivity contribution is 6.03. The predicted octanol–water partition coefficient (Wildman–Crippen LogP) is 1.85. The topological polar surface area (TPSA) is 118 Å². The van der Waals surface area contributed by atoms with Crippen LogP contribution in [0.5, 0.6) is 11.8 Å². The van der Waals surface area contributed by atoms with E-state index in [2.05, 4.69) is 15.5 Å². The third-order valence-electron chi connectivity index (χ3n) is 4.63. The summed E-state index contributed by atoms with van der Waals surface area (Å²) in [5, 5.41) is 11.6. The zero-order valence-corrected chi connectivity index (χ0v) is 17.3. The number of carbonyl (C=O) groups is 2. The summed E-state index contributed by atoms with van der Waals surface area (Å²) in [5.74, 6) is -1.07. The van der Waals surface area contributed by atoms with Gasteiger partial charge in [0.1, 0.15) is 12.4 Å². The number of methoxy groups -OCH3 is 2. The number of aromatic nitrogens is 4. The fraction of sp³-hybridized carbons (Fsp3) is 0.190. The number of ether oxygens (including phenoxy) is 4. The van der Waals surface area contributed by atoms with E-state index in [0.29, 0.717) is 17.1 Å². The van der Waals surface area contributed by atoms with Gasteiger partial charge in [-0.05, 0) is 34.7 Å². The van der Waals surface area contributed by atoms with Crippen LogP contribution in [0.15, 0.2) is 65.9 Å². The minimum Gasteiger partial charge on any atom is -0.466 e. The molecule has 1 aliphatic rings. The molecule has 3 aromatic rings. The summed E-state index contributed by atoms with van der Waals surface area (Å²) in [6.07, 6.45) is 0. The third kappa shape index (κ3) is 4.01. The molecular formula is C21H19N5O6. The van der Waals surface area contributed by atoms with Gasteiger partial charge in [0.15, 0.2) is 5.75 Å². The second kappa shape index (κ2) is 9.27. The molecule has 0 saturated heterocycles. The number of carbonyl (C=O) groups excluding carboxylic acids is 2. The monoisotopic (exact) mass is 437 g/mol. The van der Waals surface area contributed by atoms with Gasteiger partial charge in [0.05, 0.1) is 37.8 Å². The summed E-state index contributed by atoms with van der Waals surface area (Å²) in [6.45, 7) is -0.113. The lowest BCUT2D eigenvalue weighted by molar-refractivity contribution is -0.140. The first kappa shape index (κ1) is 21.0. The minimum absolute atomic E-state index is 0.00398. The van der Waals surface area contributed by atoms with E-state index in [4.69, 9.17) is 18.9 Å². The quantitative estimate of drug-likeness (QED) is 0.529. The molecule has 164 valence electrons. The number of rotatable bonds is 6. The maximum Gasteiger partial charge on any atom is 0.355 e. The molecule has 1 aliphatic heterocycles. The van der Waals surface area contributed by atoms with Gasteiger partial charge in [-0.2, -0.15) is 4.68 Å². The average molecular weight is 437 g/mol. The summed E-state index contributed by atoms with van der Waals surface area (Å²) in [6, 6.07) is 16.2. The zero-order chi connectivity index (χ0) is 22.5. The first-order valence-corrected chi connectivity index (χ1v) is 9.49. The van der Waals surface area contributed by atoms with Gasteiger partial charge in [0.2, 0.25) is 0 Å². The minimum atomic E-state index is -0.711. The predicted molar refractivity (Wildman–Crippen MR) is 110 cm³/mol. The van der Waals surface area contributed by atoms with Crippen LogP contribution in [-0.4, -0.2) is 59.7 Å². The molecule has 11 nitrogen and oxygen atoms in total. The number of tetrazole rings is 1. The molecule has 0 amide bonds. The van der Waals surface area contributed by atoms with Crippen molar-refractivity contribution >= 4 is 17.6 Å². The molecule has 4 rings (SSSR count). The van der Waals surface area contributed by atoms with Crippen molar-refractivity contribution in [1.82, 2.24) is 20.2 Å². The lowest BCUT2D eigenvalue weighted by atomic mass is 10.1. The SMILES string of the molecule is COC(=O)C1=C(C(=O)OC)N(c2ccccc2Oc2nnnn2-c2ccccc2)COC1. The Hall–Kier alpha value is -4.25. The molecule has 0 radical (unpaired) electrons. The normalized spacial score (nSPS) is 13.6. The summed E-state index contributed by atoms with van der Waals surface area (Å²) in [4.78, 5) is 26.3. The van der Waals surface area contributed by atoms with Crippen LogP contribution in [0.1, 0.15) is 0 Å². The van der Waals surface area contributed by atoms with Crippen LogP contribution in [0, 0.1) is 0 Å². The Labute approximate surface area is 182 Å². The molecule has 0 spiro atoms. The van der Waals surface area contributed by atoms with Gasteiger partial charge in [-0.15, -0.1) is 0 Å². The van der Waals surface area contributed by atoms with Gasteiger partial charge in [-0.3, -0.25) is 0 Å². The molecule has 11 heteroatoms. The van der Waals surface area contributed by atoms with Crippen LogP contribution < -0.4 is 9.64 Å². The van der Waals surface area contributed by atoms with Gasteiger partial charge in [-0.1, -0.05) is 35.4 Å². The lowest BCUT2D eigenvalue weighted by Crippen LogP contribution is -2.39.